The first-order chi connectivity index (χ1) is 11.7. The van der Waals surface area contributed by atoms with Gasteiger partial charge in [-0.15, -0.1) is 24.0 Å². The number of aliphatic imine (C=N–C) groups is 1. The highest BCUT2D eigenvalue weighted by Gasteiger charge is 2.43. The number of hydrogen-bond donors (Lipinski definition) is 1. The molecule has 2 fully saturated rings. The van der Waals surface area contributed by atoms with E-state index in [4.69, 9.17) is 21.1 Å². The summed E-state index contributed by atoms with van der Waals surface area (Å²) in [5.41, 5.74) is 1.64. The zero-order valence-electron chi connectivity index (χ0n) is 14.5. The molecule has 0 unspecified atom stereocenters. The Kier molecular flexibility index (Phi) is 5.88. The van der Waals surface area contributed by atoms with Crippen LogP contribution in [-0.2, 0) is 6.54 Å². The van der Waals surface area contributed by atoms with Crippen LogP contribution in [0.5, 0.6) is 11.5 Å². The van der Waals surface area contributed by atoms with Crippen molar-refractivity contribution in [2.75, 3.05) is 33.4 Å². The van der Waals surface area contributed by atoms with Gasteiger partial charge in [0.25, 0.3) is 0 Å². The number of likely N-dealkylation sites (tertiary alicyclic amines) is 1. The lowest BCUT2D eigenvalue weighted by Crippen LogP contribution is -2.42. The van der Waals surface area contributed by atoms with E-state index in [9.17, 15) is 0 Å². The molecule has 2 aliphatic heterocycles. The lowest BCUT2D eigenvalue weighted by atomic mass is 9.68. The summed E-state index contributed by atoms with van der Waals surface area (Å²) in [5.74, 6) is 2.36. The Bertz CT molecular complexity index is 664. The topological polar surface area (TPSA) is 46.1 Å². The SMILES string of the molecule is CN=C(NCc1cc(Cl)c2c(c1)OCCO2)N1CCC2(CCC2)C1.I. The summed E-state index contributed by atoms with van der Waals surface area (Å²) in [6.07, 6.45) is 5.43. The standard InChI is InChI=1S/C18H24ClN3O2.HI/c1-20-17(22-6-5-18(12-22)3-2-4-18)21-11-13-9-14(19)16-15(10-13)23-7-8-24-16;/h9-10H,2-8,11-12H2,1H3,(H,20,21);1H. The number of fused-ring (bicyclic) bond motifs is 1. The normalized spacial score (nSPS) is 20.9. The van der Waals surface area contributed by atoms with Gasteiger partial charge in [-0.25, -0.2) is 0 Å². The van der Waals surface area contributed by atoms with Crippen molar-refractivity contribution in [1.29, 1.82) is 0 Å². The third-order valence-electron chi connectivity index (χ3n) is 5.47. The second-order valence-corrected chi connectivity index (χ2v) is 7.43. The second-order valence-electron chi connectivity index (χ2n) is 7.03. The molecule has 7 heteroatoms. The highest BCUT2D eigenvalue weighted by atomic mass is 127. The van der Waals surface area contributed by atoms with Crippen molar-refractivity contribution < 1.29 is 9.47 Å². The van der Waals surface area contributed by atoms with Gasteiger partial charge in [-0.05, 0) is 42.4 Å². The number of nitrogens with one attached hydrogen (secondary N) is 1. The number of halogens is 2. The Morgan fingerprint density at radius 3 is 2.76 bits per heavy atom. The Hall–Kier alpha value is -0.890. The number of guanidine groups is 1. The zero-order chi connectivity index (χ0) is 16.6. The van der Waals surface area contributed by atoms with Gasteiger partial charge in [-0.3, -0.25) is 4.99 Å². The minimum absolute atomic E-state index is 0. The van der Waals surface area contributed by atoms with Gasteiger partial charge in [0.2, 0.25) is 0 Å². The zero-order valence-corrected chi connectivity index (χ0v) is 17.6. The third-order valence-corrected chi connectivity index (χ3v) is 5.75. The summed E-state index contributed by atoms with van der Waals surface area (Å²) in [7, 11) is 1.85. The summed E-state index contributed by atoms with van der Waals surface area (Å²) >= 11 is 6.31. The molecule has 0 bridgehead atoms. The molecule has 0 aromatic heterocycles. The van der Waals surface area contributed by atoms with Crippen LogP contribution in [-0.4, -0.2) is 44.2 Å². The van der Waals surface area contributed by atoms with Gasteiger partial charge < -0.3 is 19.7 Å². The predicted molar refractivity (Wildman–Crippen MR) is 111 cm³/mol. The Morgan fingerprint density at radius 2 is 2.08 bits per heavy atom. The second kappa shape index (κ2) is 7.78. The molecular formula is C18H25ClIN3O2. The van der Waals surface area contributed by atoms with Crippen molar-refractivity contribution in [3.8, 4) is 11.5 Å². The molecule has 138 valence electrons. The number of nitrogens with zero attached hydrogens (tertiary/aromatic N) is 2. The molecule has 2 heterocycles. The van der Waals surface area contributed by atoms with Crippen LogP contribution in [0.15, 0.2) is 17.1 Å². The maximum atomic E-state index is 6.31. The highest BCUT2D eigenvalue weighted by Crippen LogP contribution is 2.47. The molecule has 1 aromatic rings. The van der Waals surface area contributed by atoms with E-state index < -0.39 is 0 Å². The molecule has 5 nitrogen and oxygen atoms in total. The fourth-order valence-electron chi connectivity index (χ4n) is 3.98. The molecule has 25 heavy (non-hydrogen) atoms. The van der Waals surface area contributed by atoms with E-state index in [1.807, 2.05) is 19.2 Å². The van der Waals surface area contributed by atoms with Gasteiger partial charge in [0, 0.05) is 26.7 Å². The molecular weight excluding hydrogens is 453 g/mol. The van der Waals surface area contributed by atoms with Crippen molar-refractivity contribution in [2.45, 2.75) is 32.2 Å². The number of rotatable bonds is 2. The molecule has 0 amide bonds. The maximum Gasteiger partial charge on any atom is 0.193 e. The van der Waals surface area contributed by atoms with Gasteiger partial charge >= 0.3 is 0 Å². The average Bonchev–Trinajstić information content (AvgIpc) is 3.01. The monoisotopic (exact) mass is 477 g/mol. The minimum Gasteiger partial charge on any atom is -0.486 e. The Balaban J connectivity index is 0.00000182. The molecule has 1 spiro atoms. The average molecular weight is 478 g/mol. The molecule has 1 aliphatic carbocycles. The summed E-state index contributed by atoms with van der Waals surface area (Å²) < 4.78 is 11.2. The van der Waals surface area contributed by atoms with Gasteiger partial charge in [0.15, 0.2) is 17.5 Å². The summed E-state index contributed by atoms with van der Waals surface area (Å²) in [4.78, 5) is 6.85. The van der Waals surface area contributed by atoms with E-state index >= 15 is 0 Å². The van der Waals surface area contributed by atoms with E-state index in [0.29, 0.717) is 35.9 Å². The van der Waals surface area contributed by atoms with Crippen molar-refractivity contribution >= 4 is 41.5 Å². The molecule has 3 aliphatic rings. The smallest absolute Gasteiger partial charge is 0.193 e. The van der Waals surface area contributed by atoms with Crippen molar-refractivity contribution in [2.24, 2.45) is 10.4 Å². The molecule has 1 N–H and O–H groups in total. The van der Waals surface area contributed by atoms with Crippen LogP contribution in [0, 0.1) is 5.41 Å². The largest absolute Gasteiger partial charge is 0.486 e. The predicted octanol–water partition coefficient (Wildman–Crippen LogP) is 3.68. The molecule has 0 atom stereocenters. The quantitative estimate of drug-likeness (QED) is 0.401. The van der Waals surface area contributed by atoms with E-state index in [1.165, 1.54) is 25.7 Å². The lowest BCUT2D eigenvalue weighted by molar-refractivity contribution is 0.151. The van der Waals surface area contributed by atoms with Gasteiger partial charge in [0.05, 0.1) is 5.02 Å². The fraction of sp³-hybridized carbons (Fsp3) is 0.611. The lowest BCUT2D eigenvalue weighted by Gasteiger charge is -2.38. The first-order valence-electron chi connectivity index (χ1n) is 8.73. The fourth-order valence-corrected chi connectivity index (χ4v) is 4.27. The van der Waals surface area contributed by atoms with E-state index in [2.05, 4.69) is 15.2 Å². The molecule has 4 rings (SSSR count). The first-order valence-corrected chi connectivity index (χ1v) is 9.11. The van der Waals surface area contributed by atoms with Gasteiger partial charge in [0.1, 0.15) is 13.2 Å². The van der Waals surface area contributed by atoms with Crippen LogP contribution in [0.1, 0.15) is 31.2 Å². The molecule has 1 saturated carbocycles. The minimum atomic E-state index is 0. The van der Waals surface area contributed by atoms with Crippen LogP contribution in [0.25, 0.3) is 0 Å². The maximum absolute atomic E-state index is 6.31. The molecule has 0 radical (unpaired) electrons. The number of benzene rings is 1. The van der Waals surface area contributed by atoms with Crippen LogP contribution < -0.4 is 14.8 Å². The van der Waals surface area contributed by atoms with Crippen molar-refractivity contribution in [3.05, 3.63) is 22.7 Å². The van der Waals surface area contributed by atoms with Crippen molar-refractivity contribution in [3.63, 3.8) is 0 Å². The molecule has 1 saturated heterocycles. The van der Waals surface area contributed by atoms with Crippen LogP contribution in [0.3, 0.4) is 0 Å². The summed E-state index contributed by atoms with van der Waals surface area (Å²) in [6, 6.07) is 3.94. The van der Waals surface area contributed by atoms with Crippen LogP contribution in [0.4, 0.5) is 0 Å². The Morgan fingerprint density at radius 1 is 1.28 bits per heavy atom. The van der Waals surface area contributed by atoms with Gasteiger partial charge in [-0.1, -0.05) is 18.0 Å². The first kappa shape index (κ1) is 18.9. The molecule has 1 aromatic carbocycles. The van der Waals surface area contributed by atoms with E-state index in [0.717, 1.165) is 30.4 Å². The summed E-state index contributed by atoms with van der Waals surface area (Å²) in [6.45, 7) is 4.02. The number of ether oxygens (including phenoxy) is 2. The highest BCUT2D eigenvalue weighted by molar-refractivity contribution is 14.0. The van der Waals surface area contributed by atoms with Crippen LogP contribution >= 0.6 is 35.6 Å². The number of hydrogen-bond acceptors (Lipinski definition) is 3. The van der Waals surface area contributed by atoms with E-state index in [1.54, 1.807) is 0 Å². The van der Waals surface area contributed by atoms with Crippen LogP contribution in [0.2, 0.25) is 5.02 Å². The van der Waals surface area contributed by atoms with Crippen molar-refractivity contribution in [1.82, 2.24) is 10.2 Å². The van der Waals surface area contributed by atoms with E-state index in [-0.39, 0.29) is 24.0 Å². The summed E-state index contributed by atoms with van der Waals surface area (Å²) in [5, 5.41) is 4.07. The third kappa shape index (κ3) is 3.79. The Labute approximate surface area is 171 Å². The van der Waals surface area contributed by atoms with Gasteiger partial charge in [-0.2, -0.15) is 0 Å².